The monoisotopic (exact) mass is 497 g/mol. The number of amides is 1. The minimum absolute atomic E-state index is 0.146. The molecule has 0 bridgehead atoms. The highest BCUT2D eigenvalue weighted by molar-refractivity contribution is 7.87. The number of aliphatic imine (C=N–C) groups is 1. The van der Waals surface area contributed by atoms with Gasteiger partial charge in [0.2, 0.25) is 0 Å². The number of nitrogens with two attached hydrogens (primary N) is 1. The van der Waals surface area contributed by atoms with Gasteiger partial charge < -0.3 is 21.1 Å². The summed E-state index contributed by atoms with van der Waals surface area (Å²) in [6.07, 6.45) is 2.70. The molecule has 8 nitrogen and oxygen atoms in total. The van der Waals surface area contributed by atoms with Crippen molar-refractivity contribution < 1.29 is 18.1 Å². The first kappa shape index (κ1) is 24.8. The number of anilines is 1. The van der Waals surface area contributed by atoms with Crippen molar-refractivity contribution >= 4 is 28.2 Å². The van der Waals surface area contributed by atoms with Gasteiger partial charge in [0.25, 0.3) is 5.91 Å². The van der Waals surface area contributed by atoms with Gasteiger partial charge in [0, 0.05) is 22.1 Å². The van der Waals surface area contributed by atoms with E-state index in [0.717, 1.165) is 0 Å². The summed E-state index contributed by atoms with van der Waals surface area (Å²) in [7, 11) is -1.33. The van der Waals surface area contributed by atoms with Crippen LogP contribution >= 0.6 is 0 Å². The van der Waals surface area contributed by atoms with E-state index in [1.54, 1.807) is 19.9 Å². The maximum absolute atomic E-state index is 15.0. The molecule has 3 heterocycles. The van der Waals surface area contributed by atoms with Crippen LogP contribution in [-0.4, -0.2) is 51.1 Å². The lowest BCUT2D eigenvalue weighted by Gasteiger charge is -2.43. The van der Waals surface area contributed by atoms with Crippen LogP contribution < -0.4 is 21.1 Å². The number of rotatable bonds is 5. The van der Waals surface area contributed by atoms with Crippen molar-refractivity contribution in [1.29, 1.82) is 0 Å². The number of halogens is 1. The van der Waals surface area contributed by atoms with Crippen molar-refractivity contribution in [2.75, 3.05) is 30.8 Å². The largest absolute Gasteiger partial charge is 0.479 e. The Bertz CT molecular complexity index is 1230. The number of amidine groups is 1. The standard InChI is InChI=1S/C25H28FN5O3S/c1-3-4-13-34-18-6-8-21(29-15-18)22(32)30-17-5-7-20(26)19(14-17)24(2)16-35(33)25(23(27)31-24)9-11-28-12-10-25/h5-8,14-15,28H,9-13,16H2,1-2H3,(H2,27,31)(H,30,32)/t24-,35?/m0/s1. The Hall–Kier alpha value is -3.29. The van der Waals surface area contributed by atoms with Crippen molar-refractivity contribution in [3.8, 4) is 17.6 Å². The minimum atomic E-state index is -1.33. The van der Waals surface area contributed by atoms with Gasteiger partial charge in [0.1, 0.15) is 34.5 Å². The molecule has 2 aliphatic heterocycles. The number of benzene rings is 1. The molecular formula is C25H28FN5O3S. The smallest absolute Gasteiger partial charge is 0.274 e. The summed E-state index contributed by atoms with van der Waals surface area (Å²) >= 11 is 0. The second-order valence-electron chi connectivity index (χ2n) is 8.75. The highest BCUT2D eigenvalue weighted by Crippen LogP contribution is 2.40. The van der Waals surface area contributed by atoms with E-state index in [1.165, 1.54) is 30.5 Å². The van der Waals surface area contributed by atoms with Crippen molar-refractivity contribution in [2.45, 2.75) is 37.0 Å². The van der Waals surface area contributed by atoms with Crippen LogP contribution in [0.5, 0.6) is 5.75 Å². The Kier molecular flexibility index (Phi) is 7.19. The lowest BCUT2D eigenvalue weighted by Crippen LogP contribution is -2.59. The average Bonchev–Trinajstić information content (AvgIpc) is 2.85. The Morgan fingerprint density at radius 1 is 1.31 bits per heavy atom. The number of piperidine rings is 1. The first-order valence-corrected chi connectivity index (χ1v) is 12.6. The zero-order valence-electron chi connectivity index (χ0n) is 19.7. The second-order valence-corrected chi connectivity index (χ2v) is 10.5. The number of hydrogen-bond donors (Lipinski definition) is 3. The molecule has 184 valence electrons. The van der Waals surface area contributed by atoms with Gasteiger partial charge in [-0.3, -0.25) is 14.0 Å². The summed E-state index contributed by atoms with van der Waals surface area (Å²) in [5, 5.41) is 5.99. The van der Waals surface area contributed by atoms with Crippen molar-refractivity contribution in [1.82, 2.24) is 10.3 Å². The zero-order valence-corrected chi connectivity index (χ0v) is 20.5. The second kappa shape index (κ2) is 10.1. The normalized spacial score (nSPS) is 23.1. The van der Waals surface area contributed by atoms with Crippen LogP contribution in [0.2, 0.25) is 0 Å². The summed E-state index contributed by atoms with van der Waals surface area (Å²) in [5.74, 6) is 5.49. The Balaban J connectivity index is 1.54. The third kappa shape index (κ3) is 5.06. The molecular weight excluding hydrogens is 469 g/mol. The van der Waals surface area contributed by atoms with E-state index in [4.69, 9.17) is 10.5 Å². The number of pyridine rings is 1. The molecule has 1 saturated heterocycles. The molecule has 4 N–H and O–H groups in total. The van der Waals surface area contributed by atoms with Crippen LogP contribution in [-0.2, 0) is 16.3 Å². The van der Waals surface area contributed by atoms with Crippen LogP contribution in [0.4, 0.5) is 10.1 Å². The van der Waals surface area contributed by atoms with E-state index >= 15 is 0 Å². The third-order valence-corrected chi connectivity index (χ3v) is 8.67. The topological polar surface area (TPSA) is 119 Å². The molecule has 1 amide bonds. The number of hydrogen-bond acceptors (Lipinski definition) is 7. The molecule has 0 aliphatic carbocycles. The molecule has 1 unspecified atom stereocenters. The van der Waals surface area contributed by atoms with Gasteiger partial charge in [0.15, 0.2) is 0 Å². The summed E-state index contributed by atoms with van der Waals surface area (Å²) in [6, 6.07) is 7.40. The molecule has 0 radical (unpaired) electrons. The lowest BCUT2D eigenvalue weighted by atomic mass is 9.90. The Morgan fingerprint density at radius 2 is 2.09 bits per heavy atom. The van der Waals surface area contributed by atoms with Gasteiger partial charge in [-0.1, -0.05) is 5.92 Å². The van der Waals surface area contributed by atoms with Crippen LogP contribution in [0.25, 0.3) is 0 Å². The van der Waals surface area contributed by atoms with Crippen LogP contribution in [0.15, 0.2) is 41.5 Å². The molecule has 1 aromatic heterocycles. The lowest BCUT2D eigenvalue weighted by molar-refractivity contribution is 0.102. The van der Waals surface area contributed by atoms with E-state index in [0.29, 0.717) is 43.2 Å². The van der Waals surface area contributed by atoms with Crippen LogP contribution in [0.1, 0.15) is 42.7 Å². The molecule has 2 aromatic rings. The first-order valence-electron chi connectivity index (χ1n) is 11.3. The summed E-state index contributed by atoms with van der Waals surface area (Å²) < 4.78 is 33.0. The number of aromatic nitrogens is 1. The minimum Gasteiger partial charge on any atom is -0.479 e. The number of carbonyl (C=O) groups is 1. The molecule has 35 heavy (non-hydrogen) atoms. The van der Waals surface area contributed by atoms with Gasteiger partial charge in [0.05, 0.1) is 17.5 Å². The van der Waals surface area contributed by atoms with Crippen LogP contribution in [0, 0.1) is 17.7 Å². The SMILES string of the molecule is CC#CCOc1ccc(C(=O)Nc2ccc(F)c([C@]3(C)CS(=O)C4(CCNCC4)C(N)=N3)c2)nc1. The summed E-state index contributed by atoms with van der Waals surface area (Å²) in [4.78, 5) is 21.5. The molecule has 1 spiro atoms. The summed E-state index contributed by atoms with van der Waals surface area (Å²) in [5.41, 5.74) is 6.01. The quantitative estimate of drug-likeness (QED) is 0.546. The Morgan fingerprint density at radius 3 is 2.74 bits per heavy atom. The predicted molar refractivity (Wildman–Crippen MR) is 134 cm³/mol. The fraction of sp³-hybridized carbons (Fsp3) is 0.400. The third-order valence-electron chi connectivity index (χ3n) is 6.35. The van der Waals surface area contributed by atoms with E-state index in [2.05, 4.69) is 32.5 Å². The fourth-order valence-electron chi connectivity index (χ4n) is 4.36. The molecule has 1 aromatic carbocycles. The highest BCUT2D eigenvalue weighted by atomic mass is 32.2. The number of carbonyl (C=O) groups excluding carboxylic acids is 1. The van der Waals surface area contributed by atoms with Gasteiger partial charge in [-0.25, -0.2) is 9.37 Å². The van der Waals surface area contributed by atoms with E-state index in [9.17, 15) is 13.4 Å². The van der Waals surface area contributed by atoms with E-state index in [1.807, 2.05) is 0 Å². The van der Waals surface area contributed by atoms with Gasteiger partial charge in [-0.05, 0) is 70.1 Å². The first-order chi connectivity index (χ1) is 16.8. The highest BCUT2D eigenvalue weighted by Gasteiger charge is 2.49. The van der Waals surface area contributed by atoms with E-state index in [-0.39, 0.29) is 23.6 Å². The zero-order chi connectivity index (χ0) is 25.1. The van der Waals surface area contributed by atoms with Crippen molar-refractivity contribution in [3.05, 3.63) is 53.6 Å². The van der Waals surface area contributed by atoms with Gasteiger partial charge in [-0.15, -0.1) is 5.92 Å². The van der Waals surface area contributed by atoms with Crippen molar-refractivity contribution in [2.24, 2.45) is 10.7 Å². The summed E-state index contributed by atoms with van der Waals surface area (Å²) in [6.45, 7) is 5.09. The molecule has 1 fully saturated rings. The maximum atomic E-state index is 15.0. The van der Waals surface area contributed by atoms with Gasteiger partial charge >= 0.3 is 0 Å². The molecule has 4 rings (SSSR count). The molecule has 0 saturated carbocycles. The number of ether oxygens (including phenoxy) is 1. The van der Waals surface area contributed by atoms with Crippen molar-refractivity contribution in [3.63, 3.8) is 0 Å². The average molecular weight is 498 g/mol. The maximum Gasteiger partial charge on any atom is 0.274 e. The fourth-order valence-corrected chi connectivity index (χ4v) is 6.31. The van der Waals surface area contributed by atoms with Gasteiger partial charge in [-0.2, -0.15) is 0 Å². The molecule has 2 aliphatic rings. The van der Waals surface area contributed by atoms with Crippen LogP contribution in [0.3, 0.4) is 0 Å². The van der Waals surface area contributed by atoms with E-state index < -0.39 is 32.8 Å². The Labute approximate surface area is 206 Å². The molecule has 10 heteroatoms. The molecule has 2 atom stereocenters. The number of nitrogens with zero attached hydrogens (tertiary/aromatic N) is 2. The number of nitrogens with one attached hydrogen (secondary N) is 2. The predicted octanol–water partition coefficient (Wildman–Crippen LogP) is 2.33.